The van der Waals surface area contributed by atoms with Crippen LogP contribution in [-0.4, -0.2) is 22.1 Å². The summed E-state index contributed by atoms with van der Waals surface area (Å²) < 4.78 is 5.35. The Labute approximate surface area is 96.4 Å². The number of nitrogens with zero attached hydrogens (tertiary/aromatic N) is 2. The van der Waals surface area contributed by atoms with E-state index in [1.54, 1.807) is 6.33 Å². The Kier molecular flexibility index (Phi) is 3.27. The highest BCUT2D eigenvalue weighted by Crippen LogP contribution is 2.32. The summed E-state index contributed by atoms with van der Waals surface area (Å²) in [4.78, 5) is 8.28. The van der Waals surface area contributed by atoms with Gasteiger partial charge in [0.2, 0.25) is 5.88 Å². The van der Waals surface area contributed by atoms with Crippen LogP contribution in [0.4, 0.5) is 5.82 Å². The highest BCUT2D eigenvalue weighted by atomic mass is 16.5. The maximum Gasteiger partial charge on any atom is 0.218 e. The van der Waals surface area contributed by atoms with Crippen LogP contribution < -0.4 is 10.1 Å². The number of ether oxygens (including phenoxy) is 1. The Morgan fingerprint density at radius 1 is 1.38 bits per heavy atom. The molecular weight excluding hydrogens is 202 g/mol. The van der Waals surface area contributed by atoms with Crippen molar-refractivity contribution in [2.45, 2.75) is 45.1 Å². The van der Waals surface area contributed by atoms with E-state index < -0.39 is 0 Å². The number of hydrogen-bond acceptors (Lipinski definition) is 4. The van der Waals surface area contributed by atoms with Crippen molar-refractivity contribution in [3.63, 3.8) is 0 Å². The van der Waals surface area contributed by atoms with Crippen molar-refractivity contribution in [2.75, 3.05) is 11.9 Å². The van der Waals surface area contributed by atoms with E-state index >= 15 is 0 Å². The maximum absolute atomic E-state index is 5.35. The van der Waals surface area contributed by atoms with Gasteiger partial charge in [0.25, 0.3) is 0 Å². The summed E-state index contributed by atoms with van der Waals surface area (Å²) in [6.45, 7) is 4.84. The number of aromatic nitrogens is 2. The molecule has 4 heteroatoms. The van der Waals surface area contributed by atoms with Crippen molar-refractivity contribution in [1.29, 1.82) is 0 Å². The molecule has 1 aliphatic rings. The lowest BCUT2D eigenvalue weighted by atomic mass is 10.0. The first-order chi connectivity index (χ1) is 7.72. The first-order valence-corrected chi connectivity index (χ1v) is 5.95. The van der Waals surface area contributed by atoms with Crippen molar-refractivity contribution in [1.82, 2.24) is 9.97 Å². The minimum Gasteiger partial charge on any atom is -0.478 e. The van der Waals surface area contributed by atoms with E-state index in [2.05, 4.69) is 22.2 Å². The number of rotatable bonds is 4. The largest absolute Gasteiger partial charge is 0.478 e. The fourth-order valence-electron chi connectivity index (χ4n) is 2.22. The molecule has 1 fully saturated rings. The molecule has 1 N–H and O–H groups in total. The van der Waals surface area contributed by atoms with Gasteiger partial charge in [0.15, 0.2) is 0 Å². The highest BCUT2D eigenvalue weighted by molar-refractivity contribution is 5.40. The van der Waals surface area contributed by atoms with Gasteiger partial charge in [-0.3, -0.25) is 0 Å². The van der Waals surface area contributed by atoms with E-state index in [1.807, 2.05) is 13.0 Å². The quantitative estimate of drug-likeness (QED) is 0.849. The van der Waals surface area contributed by atoms with Crippen LogP contribution in [0.25, 0.3) is 0 Å². The van der Waals surface area contributed by atoms with Crippen molar-refractivity contribution in [3.8, 4) is 5.88 Å². The van der Waals surface area contributed by atoms with Gasteiger partial charge in [-0.15, -0.1) is 0 Å². The molecule has 4 nitrogen and oxygen atoms in total. The van der Waals surface area contributed by atoms with Crippen LogP contribution in [0.3, 0.4) is 0 Å². The summed E-state index contributed by atoms with van der Waals surface area (Å²) in [5.74, 6) is 1.50. The van der Waals surface area contributed by atoms with Gasteiger partial charge in [0.05, 0.1) is 6.61 Å². The van der Waals surface area contributed by atoms with Crippen LogP contribution in [0.5, 0.6) is 5.88 Å². The average molecular weight is 221 g/mol. The zero-order chi connectivity index (χ0) is 11.4. The molecule has 2 rings (SSSR count). The molecular formula is C12H19N3O. The normalized spacial score (nSPS) is 18.4. The molecule has 0 aromatic carbocycles. The SMILES string of the molecule is CCOc1cc(NC2(C)CCCC2)ncn1. The molecule has 1 aliphatic carbocycles. The fraction of sp³-hybridized carbons (Fsp3) is 0.667. The summed E-state index contributed by atoms with van der Waals surface area (Å²) in [6.07, 6.45) is 6.56. The highest BCUT2D eigenvalue weighted by Gasteiger charge is 2.28. The molecule has 0 spiro atoms. The first kappa shape index (κ1) is 11.2. The van der Waals surface area contributed by atoms with E-state index in [9.17, 15) is 0 Å². The third kappa shape index (κ3) is 2.62. The van der Waals surface area contributed by atoms with Crippen LogP contribution in [0.1, 0.15) is 39.5 Å². The lowest BCUT2D eigenvalue weighted by Crippen LogP contribution is -2.31. The Balaban J connectivity index is 2.05. The Morgan fingerprint density at radius 2 is 2.12 bits per heavy atom. The molecule has 0 aliphatic heterocycles. The third-order valence-electron chi connectivity index (χ3n) is 3.07. The Morgan fingerprint density at radius 3 is 2.81 bits per heavy atom. The van der Waals surface area contributed by atoms with Gasteiger partial charge in [-0.05, 0) is 26.7 Å². The van der Waals surface area contributed by atoms with Gasteiger partial charge in [-0.25, -0.2) is 9.97 Å². The molecule has 1 saturated carbocycles. The molecule has 0 saturated heterocycles. The van der Waals surface area contributed by atoms with E-state index in [0.29, 0.717) is 12.5 Å². The second-order valence-electron chi connectivity index (χ2n) is 4.57. The monoisotopic (exact) mass is 221 g/mol. The predicted octanol–water partition coefficient (Wildman–Crippen LogP) is 2.62. The van der Waals surface area contributed by atoms with E-state index in [0.717, 1.165) is 5.82 Å². The van der Waals surface area contributed by atoms with Crippen LogP contribution in [0.15, 0.2) is 12.4 Å². The molecule has 0 unspecified atom stereocenters. The minimum atomic E-state index is 0.192. The lowest BCUT2D eigenvalue weighted by Gasteiger charge is -2.25. The van der Waals surface area contributed by atoms with Crippen LogP contribution in [0, 0.1) is 0 Å². The van der Waals surface area contributed by atoms with Gasteiger partial charge in [0.1, 0.15) is 12.1 Å². The summed E-state index contributed by atoms with van der Waals surface area (Å²) in [5, 5.41) is 3.48. The zero-order valence-electron chi connectivity index (χ0n) is 9.99. The van der Waals surface area contributed by atoms with Crippen LogP contribution in [-0.2, 0) is 0 Å². The van der Waals surface area contributed by atoms with Crippen molar-refractivity contribution >= 4 is 5.82 Å². The van der Waals surface area contributed by atoms with Gasteiger partial charge < -0.3 is 10.1 Å². The summed E-state index contributed by atoms with van der Waals surface area (Å²) >= 11 is 0. The maximum atomic E-state index is 5.35. The van der Waals surface area contributed by atoms with Gasteiger partial charge in [-0.2, -0.15) is 0 Å². The molecule has 0 amide bonds. The number of anilines is 1. The van der Waals surface area contributed by atoms with Crippen molar-refractivity contribution in [2.24, 2.45) is 0 Å². The fourth-order valence-corrected chi connectivity index (χ4v) is 2.22. The van der Waals surface area contributed by atoms with Crippen molar-refractivity contribution < 1.29 is 4.74 Å². The van der Waals surface area contributed by atoms with E-state index in [1.165, 1.54) is 25.7 Å². The van der Waals surface area contributed by atoms with Gasteiger partial charge in [0, 0.05) is 11.6 Å². The zero-order valence-corrected chi connectivity index (χ0v) is 9.99. The van der Waals surface area contributed by atoms with Gasteiger partial charge >= 0.3 is 0 Å². The molecule has 16 heavy (non-hydrogen) atoms. The Bertz CT molecular complexity index is 348. The second-order valence-corrected chi connectivity index (χ2v) is 4.57. The smallest absolute Gasteiger partial charge is 0.218 e. The standard InChI is InChI=1S/C12H19N3O/c1-3-16-11-8-10(13-9-14-11)15-12(2)6-4-5-7-12/h8-9H,3-7H2,1-2H3,(H,13,14,15). The number of nitrogens with one attached hydrogen (secondary N) is 1. The lowest BCUT2D eigenvalue weighted by molar-refractivity contribution is 0.326. The average Bonchev–Trinajstić information content (AvgIpc) is 2.66. The molecule has 1 aromatic heterocycles. The van der Waals surface area contributed by atoms with Crippen molar-refractivity contribution in [3.05, 3.63) is 12.4 Å². The predicted molar refractivity (Wildman–Crippen MR) is 63.7 cm³/mol. The van der Waals surface area contributed by atoms with Gasteiger partial charge in [-0.1, -0.05) is 12.8 Å². The first-order valence-electron chi connectivity index (χ1n) is 5.95. The van der Waals surface area contributed by atoms with Crippen LogP contribution in [0.2, 0.25) is 0 Å². The molecule has 88 valence electrons. The van der Waals surface area contributed by atoms with E-state index in [4.69, 9.17) is 4.74 Å². The summed E-state index contributed by atoms with van der Waals surface area (Å²) in [6, 6.07) is 1.87. The molecule has 0 radical (unpaired) electrons. The molecule has 0 bridgehead atoms. The minimum absolute atomic E-state index is 0.192. The second kappa shape index (κ2) is 4.68. The number of hydrogen-bond donors (Lipinski definition) is 1. The Hall–Kier alpha value is -1.32. The molecule has 1 aromatic rings. The van der Waals surface area contributed by atoms with E-state index in [-0.39, 0.29) is 5.54 Å². The molecule has 1 heterocycles. The topological polar surface area (TPSA) is 47.0 Å². The third-order valence-corrected chi connectivity index (χ3v) is 3.07. The van der Waals surface area contributed by atoms with Crippen LogP contribution >= 0.6 is 0 Å². The molecule has 0 atom stereocenters. The summed E-state index contributed by atoms with van der Waals surface area (Å²) in [7, 11) is 0. The summed E-state index contributed by atoms with van der Waals surface area (Å²) in [5.41, 5.74) is 0.192.